The molecule has 3 N–H and O–H groups in total. The van der Waals surface area contributed by atoms with Crippen LogP contribution in [0.2, 0.25) is 0 Å². The van der Waals surface area contributed by atoms with Gasteiger partial charge in [0.05, 0.1) is 26.4 Å². The average molecular weight is 1510 g/mol. The number of hydrogen-bond acceptors (Lipinski definition) is 15. The smallest absolute Gasteiger partial charge is 0.462 e. The van der Waals surface area contributed by atoms with Gasteiger partial charge in [-0.3, -0.25) is 37.3 Å². The largest absolute Gasteiger partial charge is 0.472 e. The summed E-state index contributed by atoms with van der Waals surface area (Å²) in [6.07, 6.45) is 69.4. The van der Waals surface area contributed by atoms with Crippen LogP contribution in [0.5, 0.6) is 0 Å². The van der Waals surface area contributed by atoms with E-state index in [1.54, 1.807) is 0 Å². The van der Waals surface area contributed by atoms with Gasteiger partial charge in [-0.15, -0.1) is 0 Å². The zero-order valence-electron chi connectivity index (χ0n) is 67.5. The maximum atomic E-state index is 13.1. The molecule has 0 aromatic rings. The molecule has 5 atom stereocenters. The highest BCUT2D eigenvalue weighted by molar-refractivity contribution is 7.47. The zero-order chi connectivity index (χ0) is 75.5. The molecule has 0 aliphatic rings. The van der Waals surface area contributed by atoms with E-state index >= 15 is 0 Å². The van der Waals surface area contributed by atoms with Gasteiger partial charge in [0.15, 0.2) is 12.2 Å². The Kier molecular flexibility index (Phi) is 75.4. The van der Waals surface area contributed by atoms with Gasteiger partial charge in [0.25, 0.3) is 0 Å². The average Bonchev–Trinajstić information content (AvgIpc) is 0.909. The molecule has 17 nitrogen and oxygen atoms in total. The molecule has 0 bridgehead atoms. The van der Waals surface area contributed by atoms with Crippen LogP contribution >= 0.6 is 15.6 Å². The van der Waals surface area contributed by atoms with Crippen LogP contribution in [0.25, 0.3) is 0 Å². The summed E-state index contributed by atoms with van der Waals surface area (Å²) >= 11 is 0. The highest BCUT2D eigenvalue weighted by atomic mass is 31.2. The van der Waals surface area contributed by atoms with E-state index in [9.17, 15) is 43.2 Å². The molecule has 612 valence electrons. The molecule has 0 amide bonds. The summed E-state index contributed by atoms with van der Waals surface area (Å²) in [6, 6.07) is 0. The van der Waals surface area contributed by atoms with Gasteiger partial charge in [-0.05, 0) is 31.6 Å². The van der Waals surface area contributed by atoms with Gasteiger partial charge < -0.3 is 33.8 Å². The Labute approximate surface area is 632 Å². The van der Waals surface area contributed by atoms with Gasteiger partial charge in [-0.25, -0.2) is 9.13 Å². The number of aliphatic hydroxyl groups is 1. The fourth-order valence-electron chi connectivity index (χ4n) is 13.1. The second kappa shape index (κ2) is 76.8. The van der Waals surface area contributed by atoms with Crippen LogP contribution in [0.15, 0.2) is 0 Å². The number of esters is 4. The van der Waals surface area contributed by atoms with Crippen LogP contribution in [0.1, 0.15) is 452 Å². The Balaban J connectivity index is 5.22. The quantitative estimate of drug-likeness (QED) is 0.0222. The second-order valence-electron chi connectivity index (χ2n) is 30.7. The maximum absolute atomic E-state index is 13.1. The first kappa shape index (κ1) is 101. The van der Waals surface area contributed by atoms with Crippen molar-refractivity contribution >= 4 is 39.5 Å². The third kappa shape index (κ3) is 78.0. The van der Waals surface area contributed by atoms with Crippen molar-refractivity contribution in [3.8, 4) is 0 Å². The number of unbranched alkanes of at least 4 members (excludes halogenated alkanes) is 56. The van der Waals surface area contributed by atoms with Crippen molar-refractivity contribution in [1.82, 2.24) is 0 Å². The molecule has 0 aromatic carbocycles. The number of rotatable bonds is 84. The van der Waals surface area contributed by atoms with E-state index in [0.717, 1.165) is 95.8 Å². The van der Waals surface area contributed by atoms with Crippen LogP contribution < -0.4 is 0 Å². The fraction of sp³-hybridized carbons (Fsp3) is 0.952. The molecule has 0 saturated heterocycles. The van der Waals surface area contributed by atoms with Gasteiger partial charge in [0, 0.05) is 25.7 Å². The van der Waals surface area contributed by atoms with Crippen LogP contribution in [0, 0.1) is 5.92 Å². The van der Waals surface area contributed by atoms with E-state index in [-0.39, 0.29) is 25.7 Å². The molecule has 103 heavy (non-hydrogen) atoms. The van der Waals surface area contributed by atoms with Crippen molar-refractivity contribution < 1.29 is 80.2 Å². The van der Waals surface area contributed by atoms with E-state index < -0.39 is 97.5 Å². The van der Waals surface area contributed by atoms with Crippen molar-refractivity contribution in [1.29, 1.82) is 0 Å². The molecule has 2 unspecified atom stereocenters. The molecule has 0 rings (SSSR count). The van der Waals surface area contributed by atoms with Crippen molar-refractivity contribution in [3.63, 3.8) is 0 Å². The molecule has 19 heteroatoms. The Hall–Kier alpha value is -1.94. The molecule has 0 saturated carbocycles. The number of ether oxygens (including phenoxy) is 4. The monoisotopic (exact) mass is 1510 g/mol. The summed E-state index contributed by atoms with van der Waals surface area (Å²) in [5, 5.41) is 10.7. The number of carbonyl (C=O) groups is 4. The summed E-state index contributed by atoms with van der Waals surface area (Å²) in [6.45, 7) is 7.33. The SMILES string of the molecule is CCCCCCCCCCCCCCCCCCCCCCCCC(=O)O[C@H](COC(=O)CCCCCCCCCCCCCCCCC)COP(=O)(O)OC[C@@H](O)COP(=O)(O)OC[C@@H](COC(=O)CCCCCCCCCCCC(C)C)OC(=O)CCCCCCCCCCCCCCCC. The lowest BCUT2D eigenvalue weighted by molar-refractivity contribution is -0.161. The molecular weight excluding hydrogens is 1340 g/mol. The summed E-state index contributed by atoms with van der Waals surface area (Å²) in [5.74, 6) is -1.36. The predicted octanol–water partition coefficient (Wildman–Crippen LogP) is 25.6. The number of aliphatic hydroxyl groups excluding tert-OH is 1. The molecule has 0 radical (unpaired) electrons. The third-order valence-electron chi connectivity index (χ3n) is 19.8. The standard InChI is InChI=1S/C84H164O17P2/c1-6-9-12-15-18-21-24-27-30-31-32-33-34-35-36-38-41-44-49-55-60-65-70-84(89)100-79(73-94-81(86)67-62-57-52-47-42-40-37-28-25-22-19-16-13-10-7-2)75-98-102(90,91)96-71-78(85)72-97-103(92,93)99-76-80(74-95-82(87)68-63-58-53-50-45-46-51-56-61-66-77(4)5)101-83(88)69-64-59-54-48-43-39-29-26-23-20-17-14-11-8-3/h77-80,85H,6-76H2,1-5H3,(H,90,91)(H,92,93)/t78-,79-,80-/m1/s1. The number of carbonyl (C=O) groups excluding carboxylic acids is 4. The van der Waals surface area contributed by atoms with Crippen molar-refractivity contribution in [3.05, 3.63) is 0 Å². The number of hydrogen-bond donors (Lipinski definition) is 3. The van der Waals surface area contributed by atoms with Crippen LogP contribution in [-0.2, 0) is 65.4 Å². The van der Waals surface area contributed by atoms with Gasteiger partial charge in [0.1, 0.15) is 19.3 Å². The van der Waals surface area contributed by atoms with E-state index in [1.807, 2.05) is 0 Å². The minimum absolute atomic E-state index is 0.108. The summed E-state index contributed by atoms with van der Waals surface area (Å²) < 4.78 is 68.8. The van der Waals surface area contributed by atoms with Crippen LogP contribution in [-0.4, -0.2) is 96.7 Å². The third-order valence-corrected chi connectivity index (χ3v) is 21.7. The molecule has 0 aliphatic heterocycles. The minimum atomic E-state index is -4.96. The normalized spacial score (nSPS) is 13.8. The molecule has 0 fully saturated rings. The second-order valence-corrected chi connectivity index (χ2v) is 33.6. The lowest BCUT2D eigenvalue weighted by Gasteiger charge is -2.21. The van der Waals surface area contributed by atoms with Gasteiger partial charge in [-0.2, -0.15) is 0 Å². The summed E-state index contributed by atoms with van der Waals surface area (Å²) in [4.78, 5) is 73.1. The first-order chi connectivity index (χ1) is 50.0. The van der Waals surface area contributed by atoms with Crippen molar-refractivity contribution in [2.75, 3.05) is 39.6 Å². The number of phosphoric ester groups is 2. The van der Waals surface area contributed by atoms with Gasteiger partial charge in [-0.1, -0.05) is 401 Å². The molecule has 0 aromatic heterocycles. The first-order valence-corrected chi connectivity index (χ1v) is 46.6. The fourth-order valence-corrected chi connectivity index (χ4v) is 14.7. The van der Waals surface area contributed by atoms with Crippen molar-refractivity contribution in [2.45, 2.75) is 470 Å². The van der Waals surface area contributed by atoms with E-state index in [4.69, 9.17) is 37.0 Å². The van der Waals surface area contributed by atoms with E-state index in [1.165, 1.54) is 276 Å². The molecule has 0 spiro atoms. The first-order valence-electron chi connectivity index (χ1n) is 43.6. The topological polar surface area (TPSA) is 237 Å². The van der Waals surface area contributed by atoms with Crippen molar-refractivity contribution in [2.24, 2.45) is 5.92 Å². The zero-order valence-corrected chi connectivity index (χ0v) is 69.3. The highest BCUT2D eigenvalue weighted by Gasteiger charge is 2.30. The predicted molar refractivity (Wildman–Crippen MR) is 423 cm³/mol. The molecule has 0 aliphatic carbocycles. The lowest BCUT2D eigenvalue weighted by atomic mass is 10.0. The highest BCUT2D eigenvalue weighted by Crippen LogP contribution is 2.45. The maximum Gasteiger partial charge on any atom is 0.472 e. The van der Waals surface area contributed by atoms with E-state index in [2.05, 4.69) is 34.6 Å². The lowest BCUT2D eigenvalue weighted by Crippen LogP contribution is -2.30. The summed E-state index contributed by atoms with van der Waals surface area (Å²) in [5.41, 5.74) is 0. The number of phosphoric acid groups is 2. The Morgan fingerprint density at radius 1 is 0.262 bits per heavy atom. The van der Waals surface area contributed by atoms with Gasteiger partial charge >= 0.3 is 39.5 Å². The minimum Gasteiger partial charge on any atom is -0.462 e. The van der Waals surface area contributed by atoms with Crippen LogP contribution in [0.3, 0.4) is 0 Å². The van der Waals surface area contributed by atoms with E-state index in [0.29, 0.717) is 25.7 Å². The Bertz CT molecular complexity index is 1960. The van der Waals surface area contributed by atoms with Crippen LogP contribution in [0.4, 0.5) is 0 Å². The Morgan fingerprint density at radius 3 is 0.660 bits per heavy atom. The summed E-state index contributed by atoms with van der Waals surface area (Å²) in [7, 11) is -9.92. The molecular formula is C84H164O17P2. The van der Waals surface area contributed by atoms with Gasteiger partial charge in [0.2, 0.25) is 0 Å². The Morgan fingerprint density at radius 2 is 0.447 bits per heavy atom. The molecule has 0 heterocycles.